The van der Waals surface area contributed by atoms with Gasteiger partial charge in [0, 0.05) is 17.8 Å². The number of rotatable bonds is 2. The lowest BCUT2D eigenvalue weighted by atomic mass is 9.82. The Hall–Kier alpha value is -1.26. The van der Waals surface area contributed by atoms with E-state index in [1.165, 1.54) is 5.56 Å². The number of hydrogen-bond donors (Lipinski definition) is 1. The smallest absolute Gasteiger partial charge is 0.0984 e. The maximum absolute atomic E-state index is 10.7. The Morgan fingerprint density at radius 1 is 1.42 bits per heavy atom. The third kappa shape index (κ3) is 2.30. The van der Waals surface area contributed by atoms with Crippen molar-refractivity contribution in [3.63, 3.8) is 0 Å². The van der Waals surface area contributed by atoms with Crippen molar-refractivity contribution in [3.05, 3.63) is 45.2 Å². The first-order chi connectivity index (χ1) is 9.16. The summed E-state index contributed by atoms with van der Waals surface area (Å²) in [6, 6.07) is 4.11. The highest BCUT2D eigenvalue weighted by molar-refractivity contribution is 7.11. The van der Waals surface area contributed by atoms with E-state index in [-0.39, 0.29) is 5.92 Å². The van der Waals surface area contributed by atoms with Gasteiger partial charge in [0.05, 0.1) is 21.7 Å². The Bertz CT molecular complexity index is 594. The first-order valence-electron chi connectivity index (χ1n) is 6.72. The molecule has 2 aromatic heterocycles. The predicted octanol–water partition coefficient (Wildman–Crippen LogP) is 3.31. The zero-order valence-corrected chi connectivity index (χ0v) is 12.1. The van der Waals surface area contributed by atoms with Crippen LogP contribution < -0.4 is 0 Å². The molecule has 0 spiro atoms. The topological polar surface area (TPSA) is 46.0 Å². The van der Waals surface area contributed by atoms with Gasteiger partial charge in [-0.25, -0.2) is 4.98 Å². The first kappa shape index (κ1) is 12.8. The van der Waals surface area contributed by atoms with Crippen LogP contribution in [-0.4, -0.2) is 15.1 Å². The molecule has 1 aliphatic rings. The molecule has 4 heteroatoms. The van der Waals surface area contributed by atoms with Gasteiger partial charge in [-0.15, -0.1) is 11.3 Å². The van der Waals surface area contributed by atoms with Crippen molar-refractivity contribution in [1.29, 1.82) is 0 Å². The van der Waals surface area contributed by atoms with Crippen LogP contribution in [0.3, 0.4) is 0 Å². The number of aliphatic hydroxyl groups excluding tert-OH is 1. The summed E-state index contributed by atoms with van der Waals surface area (Å²) in [4.78, 5) is 9.93. The first-order valence-corrected chi connectivity index (χ1v) is 7.54. The number of fused-ring (bicyclic) bond motifs is 1. The molecule has 100 valence electrons. The summed E-state index contributed by atoms with van der Waals surface area (Å²) in [5.74, 6) is 0.114. The third-order valence-electron chi connectivity index (χ3n) is 3.83. The zero-order chi connectivity index (χ0) is 13.4. The average Bonchev–Trinajstić information content (AvgIpc) is 2.76. The Morgan fingerprint density at radius 2 is 2.26 bits per heavy atom. The summed E-state index contributed by atoms with van der Waals surface area (Å²) in [7, 11) is 0. The van der Waals surface area contributed by atoms with E-state index in [9.17, 15) is 5.11 Å². The van der Waals surface area contributed by atoms with Crippen LogP contribution in [0.15, 0.2) is 18.3 Å². The van der Waals surface area contributed by atoms with Crippen LogP contribution in [-0.2, 0) is 6.42 Å². The lowest BCUT2D eigenvalue weighted by Gasteiger charge is -2.27. The minimum absolute atomic E-state index is 0.114. The number of aromatic nitrogens is 2. The number of thiazole rings is 1. The van der Waals surface area contributed by atoms with Gasteiger partial charge < -0.3 is 5.11 Å². The highest BCUT2D eigenvalue weighted by Crippen LogP contribution is 2.41. The van der Waals surface area contributed by atoms with Crippen LogP contribution >= 0.6 is 11.3 Å². The molecular weight excluding hydrogens is 256 g/mol. The molecule has 0 saturated heterocycles. The van der Waals surface area contributed by atoms with Gasteiger partial charge in [0.15, 0.2) is 0 Å². The Labute approximate surface area is 117 Å². The molecule has 0 aliphatic heterocycles. The lowest BCUT2D eigenvalue weighted by Crippen LogP contribution is -2.18. The number of pyridine rings is 1. The maximum Gasteiger partial charge on any atom is 0.0984 e. The highest BCUT2D eigenvalue weighted by atomic mass is 32.1. The van der Waals surface area contributed by atoms with Gasteiger partial charge in [0.1, 0.15) is 0 Å². The van der Waals surface area contributed by atoms with E-state index >= 15 is 0 Å². The molecule has 2 unspecified atom stereocenters. The highest BCUT2D eigenvalue weighted by Gasteiger charge is 2.30. The number of aryl methyl sites for hydroxylation is 3. The van der Waals surface area contributed by atoms with Crippen LogP contribution in [0.25, 0.3) is 0 Å². The number of hydrogen-bond acceptors (Lipinski definition) is 4. The van der Waals surface area contributed by atoms with Gasteiger partial charge in [-0.1, -0.05) is 6.07 Å². The molecule has 0 fully saturated rings. The third-order valence-corrected chi connectivity index (χ3v) is 4.97. The molecule has 1 N–H and O–H groups in total. The molecule has 0 saturated carbocycles. The van der Waals surface area contributed by atoms with Crippen LogP contribution in [0.2, 0.25) is 0 Å². The van der Waals surface area contributed by atoms with Crippen molar-refractivity contribution < 1.29 is 5.11 Å². The second kappa shape index (κ2) is 5.02. The molecule has 0 radical (unpaired) electrons. The van der Waals surface area contributed by atoms with Gasteiger partial charge >= 0.3 is 0 Å². The van der Waals surface area contributed by atoms with Crippen LogP contribution in [0.5, 0.6) is 0 Å². The zero-order valence-electron chi connectivity index (χ0n) is 11.3. The van der Waals surface area contributed by atoms with Crippen molar-refractivity contribution in [2.75, 3.05) is 0 Å². The fraction of sp³-hybridized carbons (Fsp3) is 0.467. The fourth-order valence-corrected chi connectivity index (χ4v) is 3.94. The molecular formula is C15H18N2OS. The summed E-state index contributed by atoms with van der Waals surface area (Å²) in [6.45, 7) is 3.96. The van der Waals surface area contributed by atoms with Crippen molar-refractivity contribution >= 4 is 11.3 Å². The molecule has 3 nitrogen and oxygen atoms in total. The molecule has 19 heavy (non-hydrogen) atoms. The van der Waals surface area contributed by atoms with Crippen molar-refractivity contribution in [2.45, 2.75) is 45.1 Å². The Morgan fingerprint density at radius 3 is 3.00 bits per heavy atom. The molecule has 0 amide bonds. The SMILES string of the molecule is Cc1nc(C)c(C(O)C2CCCc3cccnc32)s1. The van der Waals surface area contributed by atoms with Gasteiger partial charge in [-0.3, -0.25) is 4.98 Å². The molecule has 3 rings (SSSR count). The molecule has 2 aromatic rings. The van der Waals surface area contributed by atoms with E-state index in [0.29, 0.717) is 0 Å². The molecule has 2 atom stereocenters. The summed E-state index contributed by atoms with van der Waals surface area (Å²) in [5.41, 5.74) is 3.32. The second-order valence-corrected chi connectivity index (χ2v) is 6.41. The van der Waals surface area contributed by atoms with Crippen molar-refractivity contribution in [3.8, 4) is 0 Å². The number of aliphatic hydroxyl groups is 1. The normalized spacial score (nSPS) is 20.1. The van der Waals surface area contributed by atoms with Crippen molar-refractivity contribution in [1.82, 2.24) is 9.97 Å². The summed E-state index contributed by atoms with van der Waals surface area (Å²) in [6.07, 6.45) is 4.56. The van der Waals surface area contributed by atoms with E-state index in [1.807, 2.05) is 26.1 Å². The standard InChI is InChI=1S/C15H18N2OS/c1-9-15(19-10(2)17-9)14(18)12-7-3-5-11-6-4-8-16-13(11)12/h4,6,8,12,14,18H,3,5,7H2,1-2H3. The molecule has 1 aliphatic carbocycles. The quantitative estimate of drug-likeness (QED) is 0.914. The fourth-order valence-electron chi connectivity index (χ4n) is 2.96. The van der Waals surface area contributed by atoms with Crippen LogP contribution in [0.4, 0.5) is 0 Å². The second-order valence-electron chi connectivity index (χ2n) is 5.17. The maximum atomic E-state index is 10.7. The minimum Gasteiger partial charge on any atom is -0.387 e. The van der Waals surface area contributed by atoms with E-state index in [2.05, 4.69) is 16.0 Å². The van der Waals surface area contributed by atoms with Crippen LogP contribution in [0, 0.1) is 13.8 Å². The minimum atomic E-state index is -0.472. The molecule has 0 bridgehead atoms. The van der Waals surface area contributed by atoms with E-state index < -0.39 is 6.10 Å². The van der Waals surface area contributed by atoms with E-state index in [1.54, 1.807) is 11.3 Å². The Balaban J connectivity index is 1.97. The lowest BCUT2D eigenvalue weighted by molar-refractivity contribution is 0.136. The van der Waals surface area contributed by atoms with Gasteiger partial charge in [0.2, 0.25) is 0 Å². The number of nitrogens with zero attached hydrogens (tertiary/aromatic N) is 2. The monoisotopic (exact) mass is 274 g/mol. The Kier molecular flexibility index (Phi) is 3.37. The van der Waals surface area contributed by atoms with Gasteiger partial charge in [-0.05, 0) is 44.7 Å². The molecule has 2 heterocycles. The summed E-state index contributed by atoms with van der Waals surface area (Å²) in [5, 5.41) is 11.7. The van der Waals surface area contributed by atoms with Gasteiger partial charge in [-0.2, -0.15) is 0 Å². The largest absolute Gasteiger partial charge is 0.387 e. The molecule has 0 aromatic carbocycles. The summed E-state index contributed by atoms with van der Waals surface area (Å²) >= 11 is 1.60. The van der Waals surface area contributed by atoms with Crippen molar-refractivity contribution in [2.24, 2.45) is 0 Å². The van der Waals surface area contributed by atoms with E-state index in [4.69, 9.17) is 0 Å². The van der Waals surface area contributed by atoms with Gasteiger partial charge in [0.25, 0.3) is 0 Å². The average molecular weight is 274 g/mol. The summed E-state index contributed by atoms with van der Waals surface area (Å²) < 4.78 is 0. The van der Waals surface area contributed by atoms with E-state index in [0.717, 1.165) is 40.5 Å². The van der Waals surface area contributed by atoms with Crippen LogP contribution in [0.1, 0.15) is 51.7 Å². The predicted molar refractivity (Wildman–Crippen MR) is 76.5 cm³/mol.